The molecule has 21 heavy (non-hydrogen) atoms. The van der Waals surface area contributed by atoms with Crippen molar-refractivity contribution in [2.24, 2.45) is 0 Å². The molecule has 1 aromatic carbocycles. The monoisotopic (exact) mass is 311 g/mol. The number of methoxy groups -OCH3 is 1. The van der Waals surface area contributed by atoms with Crippen molar-refractivity contribution in [2.45, 2.75) is 26.4 Å². The van der Waals surface area contributed by atoms with Gasteiger partial charge in [0.1, 0.15) is 11.3 Å². The number of rotatable bonds is 3. The van der Waals surface area contributed by atoms with Crippen molar-refractivity contribution < 1.29 is 19.1 Å². The largest absolute Gasteiger partial charge is 0.464 e. The maximum absolute atomic E-state index is 11.7. The van der Waals surface area contributed by atoms with Gasteiger partial charge in [-0.3, -0.25) is 5.32 Å². The second kappa shape index (κ2) is 7.13. The number of benzene rings is 1. The molecule has 0 saturated carbocycles. The van der Waals surface area contributed by atoms with Crippen LogP contribution in [0.4, 0.5) is 4.79 Å². The molecule has 0 atom stereocenters. The summed E-state index contributed by atoms with van der Waals surface area (Å²) < 4.78 is 9.74. The molecule has 5 nitrogen and oxygen atoms in total. The van der Waals surface area contributed by atoms with E-state index in [9.17, 15) is 9.59 Å². The third-order valence-electron chi connectivity index (χ3n) is 2.22. The standard InChI is InChI=1S/C15H18ClNO4/c1-15(2,3)21-14(19)17-12(13(18)20-4)9-10-5-7-11(16)8-6-10/h5-9H,1-4H3,(H,17,19)/b12-9-. The molecule has 0 heterocycles. The summed E-state index contributed by atoms with van der Waals surface area (Å²) in [6.45, 7) is 5.19. The van der Waals surface area contributed by atoms with Crippen LogP contribution in [0.25, 0.3) is 6.08 Å². The minimum atomic E-state index is -0.729. The predicted molar refractivity (Wildman–Crippen MR) is 80.8 cm³/mol. The molecule has 0 aliphatic heterocycles. The lowest BCUT2D eigenvalue weighted by Crippen LogP contribution is -2.34. The molecule has 0 fully saturated rings. The van der Waals surface area contributed by atoms with E-state index < -0.39 is 17.7 Å². The third kappa shape index (κ3) is 6.31. The van der Waals surface area contributed by atoms with Crippen LogP contribution >= 0.6 is 11.6 Å². The number of amides is 1. The summed E-state index contributed by atoms with van der Waals surface area (Å²) in [5.74, 6) is -0.671. The van der Waals surface area contributed by atoms with Gasteiger partial charge in [0.2, 0.25) is 0 Å². The first kappa shape index (κ1) is 17.0. The molecule has 0 saturated heterocycles. The van der Waals surface area contributed by atoms with Crippen molar-refractivity contribution in [3.8, 4) is 0 Å². The Morgan fingerprint density at radius 3 is 2.24 bits per heavy atom. The Morgan fingerprint density at radius 2 is 1.76 bits per heavy atom. The smallest absolute Gasteiger partial charge is 0.412 e. The summed E-state index contributed by atoms with van der Waals surface area (Å²) in [5, 5.41) is 2.96. The molecular weight excluding hydrogens is 294 g/mol. The van der Waals surface area contributed by atoms with E-state index in [1.54, 1.807) is 45.0 Å². The number of carbonyl (C=O) groups excluding carboxylic acids is 2. The lowest BCUT2D eigenvalue weighted by Gasteiger charge is -2.20. The van der Waals surface area contributed by atoms with Crippen LogP contribution in [0.15, 0.2) is 30.0 Å². The highest BCUT2D eigenvalue weighted by Gasteiger charge is 2.19. The Labute approximate surface area is 128 Å². The summed E-state index contributed by atoms with van der Waals surface area (Å²) in [7, 11) is 1.23. The highest BCUT2D eigenvalue weighted by molar-refractivity contribution is 6.30. The van der Waals surface area contributed by atoms with Crippen LogP contribution in [0.3, 0.4) is 0 Å². The summed E-state index contributed by atoms with van der Waals surface area (Å²) in [6, 6.07) is 6.77. The van der Waals surface area contributed by atoms with E-state index >= 15 is 0 Å². The minimum Gasteiger partial charge on any atom is -0.464 e. The molecule has 0 aliphatic rings. The normalized spacial score (nSPS) is 11.8. The Hall–Kier alpha value is -2.01. The Morgan fingerprint density at radius 1 is 1.19 bits per heavy atom. The number of alkyl carbamates (subject to hydrolysis) is 1. The fourth-order valence-corrected chi connectivity index (χ4v) is 1.52. The van der Waals surface area contributed by atoms with Crippen LogP contribution in [-0.2, 0) is 14.3 Å². The molecule has 1 rings (SSSR count). The van der Waals surface area contributed by atoms with Crippen LogP contribution in [0.5, 0.6) is 0 Å². The molecule has 1 amide bonds. The Bertz CT molecular complexity index is 544. The van der Waals surface area contributed by atoms with Gasteiger partial charge in [-0.05, 0) is 44.5 Å². The van der Waals surface area contributed by atoms with Crippen LogP contribution in [0.2, 0.25) is 5.02 Å². The van der Waals surface area contributed by atoms with Gasteiger partial charge < -0.3 is 9.47 Å². The molecule has 0 unspecified atom stereocenters. The van der Waals surface area contributed by atoms with Gasteiger partial charge >= 0.3 is 12.1 Å². The number of hydrogen-bond acceptors (Lipinski definition) is 4. The second-order valence-corrected chi connectivity index (χ2v) is 5.66. The topological polar surface area (TPSA) is 64.6 Å². The van der Waals surface area contributed by atoms with E-state index in [0.29, 0.717) is 10.6 Å². The van der Waals surface area contributed by atoms with Gasteiger partial charge in [-0.1, -0.05) is 23.7 Å². The van der Waals surface area contributed by atoms with Crippen LogP contribution in [0, 0.1) is 0 Å². The fraction of sp³-hybridized carbons (Fsp3) is 0.333. The van der Waals surface area contributed by atoms with Gasteiger partial charge in [0.15, 0.2) is 0 Å². The summed E-state index contributed by atoms with van der Waals surface area (Å²) in [6.07, 6.45) is 0.750. The highest BCUT2D eigenvalue weighted by atomic mass is 35.5. The summed E-state index contributed by atoms with van der Waals surface area (Å²) in [5.41, 5.74) is 0.0101. The van der Waals surface area contributed by atoms with Gasteiger partial charge in [0.05, 0.1) is 7.11 Å². The molecule has 0 radical (unpaired) electrons. The van der Waals surface area contributed by atoms with Crippen LogP contribution < -0.4 is 5.32 Å². The predicted octanol–water partition coefficient (Wildman–Crippen LogP) is 3.38. The molecule has 1 aromatic rings. The Kier molecular flexibility index (Phi) is 5.79. The average Bonchev–Trinajstić information content (AvgIpc) is 2.37. The van der Waals surface area contributed by atoms with Gasteiger partial charge in [-0.15, -0.1) is 0 Å². The molecule has 0 aromatic heterocycles. The zero-order valence-corrected chi connectivity index (χ0v) is 13.2. The SMILES string of the molecule is COC(=O)/C(=C/c1ccc(Cl)cc1)NC(=O)OC(C)(C)C. The van der Waals surface area contributed by atoms with Crippen molar-refractivity contribution >= 4 is 29.7 Å². The van der Waals surface area contributed by atoms with Crippen molar-refractivity contribution in [1.82, 2.24) is 5.32 Å². The van der Waals surface area contributed by atoms with Crippen LogP contribution in [-0.4, -0.2) is 24.8 Å². The quantitative estimate of drug-likeness (QED) is 0.686. The van der Waals surface area contributed by atoms with E-state index in [2.05, 4.69) is 10.1 Å². The number of carbonyl (C=O) groups is 2. The summed E-state index contributed by atoms with van der Waals surface area (Å²) >= 11 is 5.79. The maximum atomic E-state index is 11.7. The van der Waals surface area contributed by atoms with E-state index in [4.69, 9.17) is 16.3 Å². The van der Waals surface area contributed by atoms with Crippen molar-refractivity contribution in [3.05, 3.63) is 40.5 Å². The number of esters is 1. The number of nitrogens with one attached hydrogen (secondary N) is 1. The number of halogens is 1. The van der Waals surface area contributed by atoms with E-state index in [-0.39, 0.29) is 5.70 Å². The van der Waals surface area contributed by atoms with E-state index in [0.717, 1.165) is 0 Å². The number of ether oxygens (including phenoxy) is 2. The van der Waals surface area contributed by atoms with E-state index in [1.807, 2.05) is 0 Å². The highest BCUT2D eigenvalue weighted by Crippen LogP contribution is 2.13. The fourth-order valence-electron chi connectivity index (χ4n) is 1.40. The van der Waals surface area contributed by atoms with Gasteiger partial charge in [-0.2, -0.15) is 0 Å². The second-order valence-electron chi connectivity index (χ2n) is 5.23. The van der Waals surface area contributed by atoms with Gasteiger partial charge in [-0.25, -0.2) is 9.59 Å². The van der Waals surface area contributed by atoms with Gasteiger partial charge in [0.25, 0.3) is 0 Å². The van der Waals surface area contributed by atoms with Crippen molar-refractivity contribution in [3.63, 3.8) is 0 Å². The maximum Gasteiger partial charge on any atom is 0.412 e. The average molecular weight is 312 g/mol. The van der Waals surface area contributed by atoms with E-state index in [1.165, 1.54) is 13.2 Å². The minimum absolute atomic E-state index is 0.0194. The molecule has 0 spiro atoms. The van der Waals surface area contributed by atoms with Gasteiger partial charge in [0, 0.05) is 5.02 Å². The lowest BCUT2D eigenvalue weighted by molar-refractivity contribution is -0.136. The molecular formula is C15H18ClNO4. The van der Waals surface area contributed by atoms with Crippen molar-refractivity contribution in [2.75, 3.05) is 7.11 Å². The van der Waals surface area contributed by atoms with Crippen LogP contribution in [0.1, 0.15) is 26.3 Å². The first-order valence-electron chi connectivity index (χ1n) is 6.27. The molecule has 6 heteroatoms. The lowest BCUT2D eigenvalue weighted by atomic mass is 10.2. The molecule has 1 N–H and O–H groups in total. The molecule has 0 aliphatic carbocycles. The van der Waals surface area contributed by atoms with Crippen molar-refractivity contribution in [1.29, 1.82) is 0 Å². The first-order valence-corrected chi connectivity index (χ1v) is 6.64. The third-order valence-corrected chi connectivity index (χ3v) is 2.47. The first-order chi connectivity index (χ1) is 9.71. The Balaban J connectivity index is 2.93. The summed E-state index contributed by atoms with van der Waals surface area (Å²) in [4.78, 5) is 23.4. The molecule has 0 bridgehead atoms. The zero-order valence-electron chi connectivity index (χ0n) is 12.4. The zero-order chi connectivity index (χ0) is 16.0. The number of hydrogen-bond donors (Lipinski definition) is 1. The molecule has 114 valence electrons.